The van der Waals surface area contributed by atoms with E-state index in [-0.39, 0.29) is 17.0 Å². The van der Waals surface area contributed by atoms with Crippen LogP contribution in [0.5, 0.6) is 0 Å². The maximum atomic E-state index is 13.0. The predicted octanol–water partition coefficient (Wildman–Crippen LogP) is 3.41. The first-order valence-electron chi connectivity index (χ1n) is 8.78. The largest absolute Gasteiger partial charge is 0.310 e. The third-order valence-electron chi connectivity index (χ3n) is 4.82. The van der Waals surface area contributed by atoms with E-state index in [4.69, 9.17) is 0 Å². The summed E-state index contributed by atoms with van der Waals surface area (Å²) in [5.74, 6) is -0.224. The standard InChI is InChI=1S/C22H20N2O2/c1-16-6-4-7-17(14-16)15-23-12-5-9-19(21(23)25)22(26)24-13-11-18-8-2-3-10-20(18)24/h2-10,12,14H,11,13,15H2,1H3. The minimum atomic E-state index is -0.247. The number of benzene rings is 2. The number of fused-ring (bicyclic) bond motifs is 1. The normalized spacial score (nSPS) is 12.9. The van der Waals surface area contributed by atoms with E-state index in [0.717, 1.165) is 28.8 Å². The van der Waals surface area contributed by atoms with E-state index < -0.39 is 0 Å². The van der Waals surface area contributed by atoms with E-state index in [0.29, 0.717) is 13.1 Å². The number of rotatable bonds is 3. The summed E-state index contributed by atoms with van der Waals surface area (Å²) in [5.41, 5.74) is 4.22. The summed E-state index contributed by atoms with van der Waals surface area (Å²) in [6, 6.07) is 19.3. The topological polar surface area (TPSA) is 42.3 Å². The van der Waals surface area contributed by atoms with Gasteiger partial charge in [-0.1, -0.05) is 48.0 Å². The Balaban J connectivity index is 1.66. The second kappa shape index (κ2) is 6.64. The van der Waals surface area contributed by atoms with Crippen molar-refractivity contribution in [3.05, 3.63) is 99.5 Å². The van der Waals surface area contributed by atoms with Gasteiger partial charge in [0.15, 0.2) is 0 Å². The zero-order valence-corrected chi connectivity index (χ0v) is 14.7. The van der Waals surface area contributed by atoms with Crippen LogP contribution in [0.25, 0.3) is 0 Å². The molecule has 0 saturated heterocycles. The summed E-state index contributed by atoms with van der Waals surface area (Å²) in [7, 11) is 0. The van der Waals surface area contributed by atoms with Crippen molar-refractivity contribution >= 4 is 11.6 Å². The number of amides is 1. The third kappa shape index (κ3) is 2.94. The molecule has 2 heterocycles. The van der Waals surface area contributed by atoms with Crippen molar-refractivity contribution < 1.29 is 4.79 Å². The van der Waals surface area contributed by atoms with Crippen LogP contribution in [0.3, 0.4) is 0 Å². The Morgan fingerprint density at radius 2 is 1.88 bits per heavy atom. The number of aryl methyl sites for hydroxylation is 1. The van der Waals surface area contributed by atoms with Gasteiger partial charge in [-0.15, -0.1) is 0 Å². The molecule has 4 nitrogen and oxygen atoms in total. The number of pyridine rings is 1. The van der Waals surface area contributed by atoms with Crippen molar-refractivity contribution in [1.29, 1.82) is 0 Å². The van der Waals surface area contributed by atoms with Gasteiger partial charge < -0.3 is 9.47 Å². The summed E-state index contributed by atoms with van der Waals surface area (Å²) in [6.45, 7) is 3.10. The van der Waals surface area contributed by atoms with Crippen LogP contribution in [0.1, 0.15) is 27.0 Å². The fourth-order valence-corrected chi connectivity index (χ4v) is 3.53. The quantitative estimate of drug-likeness (QED) is 0.731. The maximum Gasteiger partial charge on any atom is 0.263 e. The van der Waals surface area contributed by atoms with Crippen LogP contribution < -0.4 is 10.5 Å². The van der Waals surface area contributed by atoms with Crippen LogP contribution in [0.2, 0.25) is 0 Å². The van der Waals surface area contributed by atoms with E-state index in [9.17, 15) is 9.59 Å². The Hall–Kier alpha value is -3.14. The Morgan fingerprint density at radius 3 is 2.73 bits per heavy atom. The highest BCUT2D eigenvalue weighted by Gasteiger charge is 2.27. The van der Waals surface area contributed by atoms with E-state index >= 15 is 0 Å². The molecule has 0 atom stereocenters. The average molecular weight is 344 g/mol. The Labute approximate surface area is 152 Å². The molecule has 1 amide bonds. The van der Waals surface area contributed by atoms with Crippen molar-refractivity contribution in [3.63, 3.8) is 0 Å². The number of anilines is 1. The molecule has 4 rings (SSSR count). The van der Waals surface area contributed by atoms with Crippen LogP contribution in [0, 0.1) is 6.92 Å². The fraction of sp³-hybridized carbons (Fsp3) is 0.182. The molecule has 0 radical (unpaired) electrons. The summed E-state index contributed by atoms with van der Waals surface area (Å²) >= 11 is 0. The van der Waals surface area contributed by atoms with Crippen LogP contribution >= 0.6 is 0 Å². The monoisotopic (exact) mass is 344 g/mol. The minimum absolute atomic E-state index is 0.219. The number of para-hydroxylation sites is 1. The van der Waals surface area contributed by atoms with Gasteiger partial charge in [0.1, 0.15) is 5.56 Å². The lowest BCUT2D eigenvalue weighted by molar-refractivity contribution is 0.0987. The maximum absolute atomic E-state index is 13.0. The molecule has 1 aliphatic heterocycles. The van der Waals surface area contributed by atoms with Gasteiger partial charge in [0.25, 0.3) is 11.5 Å². The number of nitrogens with zero attached hydrogens (tertiary/aromatic N) is 2. The lowest BCUT2D eigenvalue weighted by Crippen LogP contribution is -2.35. The molecule has 3 aromatic rings. The van der Waals surface area contributed by atoms with Gasteiger partial charge in [-0.2, -0.15) is 0 Å². The molecule has 1 aliphatic rings. The average Bonchev–Trinajstić information content (AvgIpc) is 3.07. The second-order valence-corrected chi connectivity index (χ2v) is 6.68. The molecular weight excluding hydrogens is 324 g/mol. The van der Waals surface area contributed by atoms with Crippen molar-refractivity contribution in [2.75, 3.05) is 11.4 Å². The van der Waals surface area contributed by atoms with Gasteiger partial charge in [0.05, 0.1) is 6.54 Å². The molecule has 0 aliphatic carbocycles. The summed E-state index contributed by atoms with van der Waals surface area (Å²) < 4.78 is 1.60. The molecule has 2 aromatic carbocycles. The highest BCUT2D eigenvalue weighted by Crippen LogP contribution is 2.28. The summed E-state index contributed by atoms with van der Waals surface area (Å²) in [5, 5.41) is 0. The summed E-state index contributed by atoms with van der Waals surface area (Å²) in [6.07, 6.45) is 2.56. The van der Waals surface area contributed by atoms with E-state index in [1.165, 1.54) is 0 Å². The molecular formula is C22H20N2O2. The van der Waals surface area contributed by atoms with E-state index in [2.05, 4.69) is 6.07 Å². The van der Waals surface area contributed by atoms with Gasteiger partial charge in [0, 0.05) is 18.4 Å². The van der Waals surface area contributed by atoms with Crippen LogP contribution in [-0.2, 0) is 13.0 Å². The molecule has 0 unspecified atom stereocenters. The Kier molecular flexibility index (Phi) is 4.17. The Bertz CT molecular complexity index is 1040. The molecule has 0 spiro atoms. The molecule has 0 saturated carbocycles. The van der Waals surface area contributed by atoms with Gasteiger partial charge in [-0.3, -0.25) is 9.59 Å². The first-order chi connectivity index (χ1) is 12.6. The lowest BCUT2D eigenvalue weighted by Gasteiger charge is -2.17. The Morgan fingerprint density at radius 1 is 1.04 bits per heavy atom. The van der Waals surface area contributed by atoms with Crippen molar-refractivity contribution in [2.24, 2.45) is 0 Å². The van der Waals surface area contributed by atoms with Crippen molar-refractivity contribution in [3.8, 4) is 0 Å². The van der Waals surface area contributed by atoms with Crippen LogP contribution in [0.4, 0.5) is 5.69 Å². The van der Waals surface area contributed by atoms with Crippen molar-refractivity contribution in [1.82, 2.24) is 4.57 Å². The van der Waals surface area contributed by atoms with Crippen LogP contribution in [-0.4, -0.2) is 17.0 Å². The van der Waals surface area contributed by atoms with E-state index in [1.54, 1.807) is 27.8 Å². The SMILES string of the molecule is Cc1cccc(Cn2cccc(C(=O)N3CCc4ccccc43)c2=O)c1. The van der Waals surface area contributed by atoms with E-state index in [1.807, 2.05) is 49.4 Å². The van der Waals surface area contributed by atoms with Gasteiger partial charge >= 0.3 is 0 Å². The molecule has 4 heteroatoms. The molecule has 0 bridgehead atoms. The number of hydrogen-bond donors (Lipinski definition) is 0. The smallest absolute Gasteiger partial charge is 0.263 e. The lowest BCUT2D eigenvalue weighted by atomic mass is 10.1. The molecule has 0 fully saturated rings. The zero-order valence-electron chi connectivity index (χ0n) is 14.7. The van der Waals surface area contributed by atoms with Gasteiger partial charge in [-0.25, -0.2) is 0 Å². The fourth-order valence-electron chi connectivity index (χ4n) is 3.53. The molecule has 1 aromatic heterocycles. The van der Waals surface area contributed by atoms with Gasteiger partial charge in [0.2, 0.25) is 0 Å². The number of aromatic nitrogens is 1. The summed E-state index contributed by atoms with van der Waals surface area (Å²) in [4.78, 5) is 27.6. The minimum Gasteiger partial charge on any atom is -0.310 e. The number of carbonyl (C=O) groups is 1. The third-order valence-corrected chi connectivity index (χ3v) is 4.82. The number of hydrogen-bond acceptors (Lipinski definition) is 2. The first-order valence-corrected chi connectivity index (χ1v) is 8.78. The second-order valence-electron chi connectivity index (χ2n) is 6.68. The zero-order chi connectivity index (χ0) is 18.1. The number of carbonyl (C=O) groups excluding carboxylic acids is 1. The highest BCUT2D eigenvalue weighted by atomic mass is 16.2. The molecule has 130 valence electrons. The van der Waals surface area contributed by atoms with Crippen molar-refractivity contribution in [2.45, 2.75) is 19.9 Å². The van der Waals surface area contributed by atoms with Gasteiger partial charge in [-0.05, 0) is 42.7 Å². The van der Waals surface area contributed by atoms with Crippen LogP contribution in [0.15, 0.2) is 71.7 Å². The highest BCUT2D eigenvalue weighted by molar-refractivity contribution is 6.07. The molecule has 26 heavy (non-hydrogen) atoms. The molecule has 0 N–H and O–H groups in total. The predicted molar refractivity (Wildman–Crippen MR) is 103 cm³/mol. The first kappa shape index (κ1) is 16.3.